The number of rotatable bonds is 3. The number of nitrogens with zero attached hydrogens (tertiary/aromatic N) is 5. The number of carbonyl (C=O) groups excluding carboxylic acids is 1. The summed E-state index contributed by atoms with van der Waals surface area (Å²) in [6, 6.07) is 9.77. The lowest BCUT2D eigenvalue weighted by Gasteiger charge is -2.24. The van der Waals surface area contributed by atoms with E-state index in [0.717, 1.165) is 30.6 Å². The van der Waals surface area contributed by atoms with Crippen molar-refractivity contribution in [2.75, 3.05) is 11.9 Å². The second-order valence-electron chi connectivity index (χ2n) is 6.05. The Morgan fingerprint density at radius 2 is 2.28 bits per heavy atom. The second-order valence-corrected chi connectivity index (χ2v) is 6.83. The highest BCUT2D eigenvalue weighted by atomic mass is 32.1. The fourth-order valence-electron chi connectivity index (χ4n) is 3.23. The van der Waals surface area contributed by atoms with Gasteiger partial charge in [-0.2, -0.15) is 11.3 Å². The molecule has 8 heteroatoms. The van der Waals surface area contributed by atoms with Crippen molar-refractivity contribution in [1.82, 2.24) is 25.1 Å². The minimum Gasteiger partial charge on any atom is -0.317 e. The molecule has 3 heterocycles. The molecule has 1 aliphatic heterocycles. The van der Waals surface area contributed by atoms with Gasteiger partial charge in [0.15, 0.2) is 5.82 Å². The molecular formula is C17H18N6OS. The van der Waals surface area contributed by atoms with Gasteiger partial charge in [0.25, 0.3) is 0 Å². The SMILES string of the molecule is Cn1nnnc1-c1cccc(NC(=O)N2CCCC2c2ccsc2)c1. The van der Waals surface area contributed by atoms with E-state index < -0.39 is 0 Å². The number of nitrogens with one attached hydrogen (secondary N) is 1. The average Bonchev–Trinajstić information content (AvgIpc) is 3.36. The number of carbonyl (C=O) groups is 1. The Balaban J connectivity index is 1.52. The molecule has 1 saturated heterocycles. The minimum atomic E-state index is -0.0676. The van der Waals surface area contributed by atoms with E-state index in [9.17, 15) is 4.79 Å². The van der Waals surface area contributed by atoms with Crippen molar-refractivity contribution in [1.29, 1.82) is 0 Å². The van der Waals surface area contributed by atoms with Crippen molar-refractivity contribution in [3.63, 3.8) is 0 Å². The first-order valence-electron chi connectivity index (χ1n) is 8.15. The molecule has 0 bridgehead atoms. The van der Waals surface area contributed by atoms with Crippen LogP contribution in [0.1, 0.15) is 24.4 Å². The molecule has 0 saturated carbocycles. The standard InChI is InChI=1S/C17H18N6OS/c1-22-16(19-20-21-22)12-4-2-5-14(10-12)18-17(24)23-8-3-6-15(23)13-7-9-25-11-13/h2,4-5,7,9-11,15H,3,6,8H2,1H3,(H,18,24). The number of aryl methyl sites for hydroxylation is 1. The van der Waals surface area contributed by atoms with Crippen molar-refractivity contribution in [3.8, 4) is 11.4 Å². The third-order valence-corrected chi connectivity index (χ3v) is 5.14. The molecule has 3 aromatic rings. The summed E-state index contributed by atoms with van der Waals surface area (Å²) in [4.78, 5) is 14.7. The number of thiophene rings is 1. The Kier molecular flexibility index (Phi) is 4.19. The van der Waals surface area contributed by atoms with Crippen LogP contribution in [0.2, 0.25) is 0 Å². The van der Waals surface area contributed by atoms with Gasteiger partial charge in [0.05, 0.1) is 6.04 Å². The van der Waals surface area contributed by atoms with E-state index in [1.165, 1.54) is 5.56 Å². The van der Waals surface area contributed by atoms with Gasteiger partial charge in [-0.05, 0) is 57.8 Å². The zero-order chi connectivity index (χ0) is 17.2. The third kappa shape index (κ3) is 3.12. The summed E-state index contributed by atoms with van der Waals surface area (Å²) < 4.78 is 1.61. The number of likely N-dealkylation sites (tertiary alicyclic amines) is 1. The number of benzene rings is 1. The number of urea groups is 1. The van der Waals surface area contributed by atoms with E-state index in [-0.39, 0.29) is 12.1 Å². The van der Waals surface area contributed by atoms with Gasteiger partial charge in [-0.1, -0.05) is 12.1 Å². The van der Waals surface area contributed by atoms with Crippen molar-refractivity contribution in [2.45, 2.75) is 18.9 Å². The van der Waals surface area contributed by atoms with E-state index >= 15 is 0 Å². The summed E-state index contributed by atoms with van der Waals surface area (Å²) >= 11 is 1.67. The fourth-order valence-corrected chi connectivity index (χ4v) is 3.93. The van der Waals surface area contributed by atoms with E-state index in [4.69, 9.17) is 0 Å². The topological polar surface area (TPSA) is 75.9 Å². The van der Waals surface area contributed by atoms with Gasteiger partial charge in [0.2, 0.25) is 0 Å². The van der Waals surface area contributed by atoms with E-state index in [0.29, 0.717) is 5.82 Å². The van der Waals surface area contributed by atoms with Gasteiger partial charge in [0.1, 0.15) is 0 Å². The molecule has 25 heavy (non-hydrogen) atoms. The lowest BCUT2D eigenvalue weighted by atomic mass is 10.1. The number of anilines is 1. The first kappa shape index (κ1) is 15.8. The van der Waals surface area contributed by atoms with E-state index in [1.807, 2.05) is 29.2 Å². The van der Waals surface area contributed by atoms with Crippen LogP contribution in [0.25, 0.3) is 11.4 Å². The van der Waals surface area contributed by atoms with Crippen molar-refractivity contribution in [3.05, 3.63) is 46.7 Å². The molecule has 2 aromatic heterocycles. The maximum atomic E-state index is 12.8. The molecule has 0 aliphatic carbocycles. The molecular weight excluding hydrogens is 336 g/mol. The summed E-state index contributed by atoms with van der Waals surface area (Å²) in [7, 11) is 1.79. The number of hydrogen-bond donors (Lipinski definition) is 1. The number of aromatic nitrogens is 4. The van der Waals surface area contributed by atoms with Gasteiger partial charge in [-0.25, -0.2) is 9.48 Å². The lowest BCUT2D eigenvalue weighted by Crippen LogP contribution is -2.34. The molecule has 1 fully saturated rings. The Labute approximate surface area is 149 Å². The summed E-state index contributed by atoms with van der Waals surface area (Å²) in [5, 5.41) is 18.7. The highest BCUT2D eigenvalue weighted by Gasteiger charge is 2.30. The van der Waals surface area contributed by atoms with Crippen LogP contribution in [-0.4, -0.2) is 37.7 Å². The largest absolute Gasteiger partial charge is 0.322 e. The Hall–Kier alpha value is -2.74. The molecule has 2 amide bonds. The lowest BCUT2D eigenvalue weighted by molar-refractivity contribution is 0.207. The first-order valence-corrected chi connectivity index (χ1v) is 9.09. The van der Waals surface area contributed by atoms with Crippen LogP contribution in [0, 0.1) is 0 Å². The molecule has 1 unspecified atom stereocenters. The molecule has 128 valence electrons. The number of amides is 2. The van der Waals surface area contributed by atoms with Gasteiger partial charge >= 0.3 is 6.03 Å². The van der Waals surface area contributed by atoms with Crippen LogP contribution in [0.3, 0.4) is 0 Å². The Morgan fingerprint density at radius 1 is 1.36 bits per heavy atom. The highest BCUT2D eigenvalue weighted by Crippen LogP contribution is 2.33. The molecule has 1 N–H and O–H groups in total. The molecule has 4 rings (SSSR count). The zero-order valence-corrected chi connectivity index (χ0v) is 14.6. The summed E-state index contributed by atoms with van der Waals surface area (Å²) in [6.07, 6.45) is 2.04. The molecule has 0 radical (unpaired) electrons. The van der Waals surface area contributed by atoms with E-state index in [1.54, 1.807) is 23.1 Å². The monoisotopic (exact) mass is 354 g/mol. The van der Waals surface area contributed by atoms with Crippen LogP contribution in [0.4, 0.5) is 10.5 Å². The minimum absolute atomic E-state index is 0.0676. The normalized spacial score (nSPS) is 17.0. The molecule has 7 nitrogen and oxygen atoms in total. The van der Waals surface area contributed by atoms with Crippen molar-refractivity contribution >= 4 is 23.1 Å². The molecule has 1 aliphatic rings. The predicted octanol–water partition coefficient (Wildman–Crippen LogP) is 3.31. The second kappa shape index (κ2) is 6.64. The fraction of sp³-hybridized carbons (Fsp3) is 0.294. The van der Waals surface area contributed by atoms with Gasteiger partial charge in [-0.15, -0.1) is 5.10 Å². The summed E-state index contributed by atoms with van der Waals surface area (Å²) in [5.74, 6) is 0.661. The number of tetrazole rings is 1. The zero-order valence-electron chi connectivity index (χ0n) is 13.8. The quantitative estimate of drug-likeness (QED) is 0.783. The highest BCUT2D eigenvalue weighted by molar-refractivity contribution is 7.08. The maximum absolute atomic E-state index is 12.8. The molecule has 1 aromatic carbocycles. The first-order chi connectivity index (χ1) is 12.2. The van der Waals surface area contributed by atoms with Crippen molar-refractivity contribution in [2.24, 2.45) is 7.05 Å². The average molecular weight is 354 g/mol. The Morgan fingerprint density at radius 3 is 3.04 bits per heavy atom. The van der Waals surface area contributed by atoms with Gasteiger partial charge in [0, 0.05) is 24.8 Å². The van der Waals surface area contributed by atoms with Crippen LogP contribution < -0.4 is 5.32 Å². The van der Waals surface area contributed by atoms with Crippen LogP contribution in [0.15, 0.2) is 41.1 Å². The summed E-state index contributed by atoms with van der Waals surface area (Å²) in [6.45, 7) is 0.777. The van der Waals surface area contributed by atoms with Crippen molar-refractivity contribution < 1.29 is 4.79 Å². The third-order valence-electron chi connectivity index (χ3n) is 4.43. The Bertz CT molecular complexity index is 875. The van der Waals surface area contributed by atoms with Gasteiger partial charge < -0.3 is 10.2 Å². The predicted molar refractivity (Wildman–Crippen MR) is 96.3 cm³/mol. The van der Waals surface area contributed by atoms with E-state index in [2.05, 4.69) is 37.7 Å². The molecule has 0 spiro atoms. The number of hydrogen-bond acceptors (Lipinski definition) is 5. The van der Waals surface area contributed by atoms with Crippen LogP contribution >= 0.6 is 11.3 Å². The maximum Gasteiger partial charge on any atom is 0.322 e. The summed E-state index contributed by atoms with van der Waals surface area (Å²) in [5.41, 5.74) is 2.82. The van der Waals surface area contributed by atoms with Gasteiger partial charge in [-0.3, -0.25) is 0 Å². The molecule has 1 atom stereocenters. The smallest absolute Gasteiger partial charge is 0.317 e. The van der Waals surface area contributed by atoms with Crippen LogP contribution in [0.5, 0.6) is 0 Å². The van der Waals surface area contributed by atoms with Crippen LogP contribution in [-0.2, 0) is 7.05 Å².